The van der Waals surface area contributed by atoms with E-state index in [2.05, 4.69) is 9.97 Å². The molecule has 0 bridgehead atoms. The van der Waals surface area contributed by atoms with Gasteiger partial charge in [-0.3, -0.25) is 4.79 Å². The molecule has 2 aromatic heterocycles. The number of rotatable bonds is 5. The number of benzene rings is 2. The number of aryl methyl sites for hydroxylation is 1. The number of halogens is 1. The molecule has 0 spiro atoms. The van der Waals surface area contributed by atoms with Crippen LogP contribution >= 0.6 is 11.3 Å². The number of carbonyl (C=O) groups is 1. The molecule has 0 saturated carbocycles. The van der Waals surface area contributed by atoms with Gasteiger partial charge in [-0.05, 0) is 49.4 Å². The lowest BCUT2D eigenvalue weighted by Crippen LogP contribution is -2.18. The fourth-order valence-electron chi connectivity index (χ4n) is 3.02. The Balaban J connectivity index is 1.84. The Bertz CT molecular complexity index is 1280. The smallest absolute Gasteiger partial charge is 0.248 e. The maximum Gasteiger partial charge on any atom is 0.248 e. The number of primary amides is 1. The van der Waals surface area contributed by atoms with E-state index >= 15 is 0 Å². The number of nitrogens with zero attached hydrogens (tertiary/aromatic N) is 4. The van der Waals surface area contributed by atoms with Crippen LogP contribution in [0.1, 0.15) is 21.9 Å². The number of thiazole rings is 1. The number of aromatic nitrogens is 3. The Hall–Kier alpha value is -3.65. The SMILES string of the molecule is Cc1nccc(Cn2c(-c3ccccc3F)csc2=Nc2ccc(C(N)=O)cc2)n1. The molecule has 0 atom stereocenters. The molecule has 4 aromatic rings. The molecule has 6 nitrogen and oxygen atoms in total. The van der Waals surface area contributed by atoms with Crippen molar-refractivity contribution in [2.24, 2.45) is 10.7 Å². The Kier molecular flexibility index (Phi) is 5.49. The van der Waals surface area contributed by atoms with Crippen molar-refractivity contribution in [3.63, 3.8) is 0 Å². The first-order valence-corrected chi connectivity index (χ1v) is 10.1. The van der Waals surface area contributed by atoms with Gasteiger partial charge in [-0.1, -0.05) is 12.1 Å². The summed E-state index contributed by atoms with van der Waals surface area (Å²) in [5, 5.41) is 1.88. The predicted octanol–water partition coefficient (Wildman–Crippen LogP) is 3.83. The van der Waals surface area contributed by atoms with Gasteiger partial charge >= 0.3 is 0 Å². The summed E-state index contributed by atoms with van der Waals surface area (Å²) in [5.41, 5.74) is 8.37. The van der Waals surface area contributed by atoms with E-state index in [4.69, 9.17) is 10.7 Å². The van der Waals surface area contributed by atoms with E-state index in [0.717, 1.165) is 5.69 Å². The quantitative estimate of drug-likeness (QED) is 0.533. The summed E-state index contributed by atoms with van der Waals surface area (Å²) in [4.78, 5) is 25.3. The maximum atomic E-state index is 14.5. The van der Waals surface area contributed by atoms with E-state index < -0.39 is 5.91 Å². The van der Waals surface area contributed by atoms with Crippen LogP contribution in [0.5, 0.6) is 0 Å². The molecule has 0 fully saturated rings. The number of hydrogen-bond acceptors (Lipinski definition) is 5. The second kappa shape index (κ2) is 8.38. The van der Waals surface area contributed by atoms with E-state index in [1.54, 1.807) is 48.7 Å². The van der Waals surface area contributed by atoms with Crippen LogP contribution in [0.25, 0.3) is 11.3 Å². The van der Waals surface area contributed by atoms with Gasteiger partial charge in [0.15, 0.2) is 4.80 Å². The van der Waals surface area contributed by atoms with Crippen molar-refractivity contribution in [1.29, 1.82) is 0 Å². The third-order valence-electron chi connectivity index (χ3n) is 4.48. The Morgan fingerprint density at radius 2 is 1.93 bits per heavy atom. The average molecular weight is 419 g/mol. The zero-order valence-corrected chi connectivity index (χ0v) is 16.9. The van der Waals surface area contributed by atoms with Gasteiger partial charge in [0.25, 0.3) is 0 Å². The molecule has 2 heterocycles. The molecule has 2 aromatic carbocycles. The lowest BCUT2D eigenvalue weighted by molar-refractivity contribution is 0.100. The molecule has 0 radical (unpaired) electrons. The first-order chi connectivity index (χ1) is 14.5. The van der Waals surface area contributed by atoms with Gasteiger partial charge in [0.2, 0.25) is 5.91 Å². The van der Waals surface area contributed by atoms with Crippen molar-refractivity contribution in [3.8, 4) is 11.3 Å². The third-order valence-corrected chi connectivity index (χ3v) is 5.34. The molecular weight excluding hydrogens is 401 g/mol. The third kappa shape index (κ3) is 4.18. The summed E-state index contributed by atoms with van der Waals surface area (Å²) in [5.74, 6) is -0.134. The molecule has 0 saturated heterocycles. The molecule has 0 aliphatic rings. The van der Waals surface area contributed by atoms with Crippen molar-refractivity contribution in [2.45, 2.75) is 13.5 Å². The minimum absolute atomic E-state index is 0.305. The molecular formula is C22H18FN5OS. The molecule has 0 aliphatic heterocycles. The Labute approximate surface area is 176 Å². The highest BCUT2D eigenvalue weighted by atomic mass is 32.1. The van der Waals surface area contributed by atoms with Crippen LogP contribution in [0, 0.1) is 12.7 Å². The molecule has 4 rings (SSSR count). The number of amides is 1. The van der Waals surface area contributed by atoms with Crippen molar-refractivity contribution in [2.75, 3.05) is 0 Å². The van der Waals surface area contributed by atoms with Crippen molar-refractivity contribution >= 4 is 22.9 Å². The van der Waals surface area contributed by atoms with Crippen molar-refractivity contribution < 1.29 is 9.18 Å². The number of carbonyl (C=O) groups excluding carboxylic acids is 1. The van der Waals surface area contributed by atoms with Crippen molar-refractivity contribution in [1.82, 2.24) is 14.5 Å². The second-order valence-corrected chi connectivity index (χ2v) is 7.42. The van der Waals surface area contributed by atoms with Gasteiger partial charge in [-0.15, -0.1) is 11.3 Å². The Morgan fingerprint density at radius 1 is 1.17 bits per heavy atom. The summed E-state index contributed by atoms with van der Waals surface area (Å²) in [6, 6.07) is 15.2. The zero-order valence-electron chi connectivity index (χ0n) is 16.1. The summed E-state index contributed by atoms with van der Waals surface area (Å²) >= 11 is 1.40. The summed E-state index contributed by atoms with van der Waals surface area (Å²) in [6.45, 7) is 2.24. The highest BCUT2D eigenvalue weighted by Crippen LogP contribution is 2.24. The van der Waals surface area contributed by atoms with Crippen LogP contribution in [-0.4, -0.2) is 20.4 Å². The Morgan fingerprint density at radius 3 is 2.63 bits per heavy atom. The molecule has 30 heavy (non-hydrogen) atoms. The van der Waals surface area contributed by atoms with Crippen LogP contribution in [0.2, 0.25) is 0 Å². The standard InChI is InChI=1S/C22H18FN5OS/c1-14-25-11-10-17(26-14)12-28-20(18-4-2-3-5-19(18)23)13-30-22(28)27-16-8-6-15(7-9-16)21(24)29/h2-11,13H,12H2,1H3,(H2,24,29). The molecule has 0 unspecified atom stereocenters. The van der Waals surface area contributed by atoms with Crippen LogP contribution in [0.3, 0.4) is 0 Å². The van der Waals surface area contributed by atoms with Crippen molar-refractivity contribution in [3.05, 3.63) is 93.9 Å². The minimum Gasteiger partial charge on any atom is -0.366 e. The van der Waals surface area contributed by atoms with E-state index in [-0.39, 0.29) is 5.82 Å². The van der Waals surface area contributed by atoms with E-state index in [1.165, 1.54) is 17.4 Å². The van der Waals surface area contributed by atoms with E-state index in [0.29, 0.717) is 39.7 Å². The van der Waals surface area contributed by atoms with Gasteiger partial charge in [-0.2, -0.15) is 0 Å². The van der Waals surface area contributed by atoms with Crippen LogP contribution in [0.15, 0.2) is 71.2 Å². The summed E-state index contributed by atoms with van der Waals surface area (Å²) < 4.78 is 16.4. The fraction of sp³-hybridized carbons (Fsp3) is 0.0909. The van der Waals surface area contributed by atoms with E-state index in [9.17, 15) is 9.18 Å². The number of hydrogen-bond donors (Lipinski definition) is 1. The van der Waals surface area contributed by atoms with Gasteiger partial charge in [0.05, 0.1) is 23.6 Å². The van der Waals surface area contributed by atoms with Crippen LogP contribution < -0.4 is 10.5 Å². The average Bonchev–Trinajstić information content (AvgIpc) is 3.11. The highest BCUT2D eigenvalue weighted by molar-refractivity contribution is 7.07. The first kappa shape index (κ1) is 19.7. The monoisotopic (exact) mass is 419 g/mol. The van der Waals surface area contributed by atoms with Gasteiger partial charge in [0.1, 0.15) is 11.6 Å². The molecule has 2 N–H and O–H groups in total. The van der Waals surface area contributed by atoms with Gasteiger partial charge in [0, 0.05) is 22.7 Å². The molecule has 8 heteroatoms. The summed E-state index contributed by atoms with van der Waals surface area (Å²) in [7, 11) is 0. The van der Waals surface area contributed by atoms with Gasteiger partial charge in [-0.25, -0.2) is 19.4 Å². The molecule has 150 valence electrons. The zero-order chi connectivity index (χ0) is 21.1. The lowest BCUT2D eigenvalue weighted by atomic mass is 10.1. The van der Waals surface area contributed by atoms with Crippen LogP contribution in [0.4, 0.5) is 10.1 Å². The van der Waals surface area contributed by atoms with Gasteiger partial charge < -0.3 is 10.3 Å². The topological polar surface area (TPSA) is 86.2 Å². The second-order valence-electron chi connectivity index (χ2n) is 6.59. The fourth-order valence-corrected chi connectivity index (χ4v) is 3.94. The lowest BCUT2D eigenvalue weighted by Gasteiger charge is -2.10. The first-order valence-electron chi connectivity index (χ1n) is 9.17. The maximum absolute atomic E-state index is 14.5. The highest BCUT2D eigenvalue weighted by Gasteiger charge is 2.13. The minimum atomic E-state index is -0.492. The molecule has 1 amide bonds. The summed E-state index contributed by atoms with van der Waals surface area (Å²) in [6.07, 6.45) is 1.70. The van der Waals surface area contributed by atoms with Crippen LogP contribution in [-0.2, 0) is 6.54 Å². The molecule has 0 aliphatic carbocycles. The van der Waals surface area contributed by atoms with E-state index in [1.807, 2.05) is 22.9 Å². The normalized spacial score (nSPS) is 11.6. The predicted molar refractivity (Wildman–Crippen MR) is 114 cm³/mol. The largest absolute Gasteiger partial charge is 0.366 e. The number of nitrogens with two attached hydrogens (primary N) is 1.